The zero-order valence-electron chi connectivity index (χ0n) is 11.1. The molecule has 1 aromatic rings. The van der Waals surface area contributed by atoms with Gasteiger partial charge in [0, 0.05) is 13.0 Å². The Morgan fingerprint density at radius 3 is 2.89 bits per heavy atom. The van der Waals surface area contributed by atoms with Crippen LogP contribution in [0.15, 0.2) is 18.2 Å². The lowest BCUT2D eigenvalue weighted by Gasteiger charge is -2.16. The number of unbranched alkanes of at least 4 members (excludes halogenated alkanes) is 1. The van der Waals surface area contributed by atoms with Crippen molar-refractivity contribution >= 4 is 5.97 Å². The Labute approximate surface area is 112 Å². The number of hydrogen-bond donors (Lipinski definition) is 1. The molecule has 19 heavy (non-hydrogen) atoms. The molecular weight excluding hydrogens is 246 g/mol. The summed E-state index contributed by atoms with van der Waals surface area (Å²) in [7, 11) is 2.03. The van der Waals surface area contributed by atoms with Crippen LogP contribution in [0.25, 0.3) is 0 Å². The average molecular weight is 265 g/mol. The summed E-state index contributed by atoms with van der Waals surface area (Å²) in [6.45, 7) is 2.01. The minimum absolute atomic E-state index is 0.248. The summed E-state index contributed by atoms with van der Waals surface area (Å²) in [4.78, 5) is 12.6. The van der Waals surface area contributed by atoms with Gasteiger partial charge in [-0.2, -0.15) is 0 Å². The van der Waals surface area contributed by atoms with E-state index in [2.05, 4.69) is 4.90 Å². The summed E-state index contributed by atoms with van der Waals surface area (Å²) in [5, 5.41) is 8.56. The van der Waals surface area contributed by atoms with Gasteiger partial charge in [-0.25, -0.2) is 0 Å². The van der Waals surface area contributed by atoms with E-state index in [1.807, 2.05) is 25.2 Å². The van der Waals surface area contributed by atoms with E-state index in [0.717, 1.165) is 37.4 Å². The lowest BCUT2D eigenvalue weighted by molar-refractivity contribution is -0.137. The normalized spacial score (nSPS) is 12.9. The third-order valence-electron chi connectivity index (χ3n) is 3.07. The highest BCUT2D eigenvalue weighted by atomic mass is 16.7. The highest BCUT2D eigenvalue weighted by molar-refractivity contribution is 5.66. The first-order valence-corrected chi connectivity index (χ1v) is 6.44. The summed E-state index contributed by atoms with van der Waals surface area (Å²) in [6, 6.07) is 5.95. The largest absolute Gasteiger partial charge is 0.481 e. The van der Waals surface area contributed by atoms with Crippen LogP contribution in [0.3, 0.4) is 0 Å². The van der Waals surface area contributed by atoms with E-state index < -0.39 is 5.97 Å². The van der Waals surface area contributed by atoms with Crippen molar-refractivity contribution in [2.75, 3.05) is 20.4 Å². The van der Waals surface area contributed by atoms with Crippen LogP contribution in [0.4, 0.5) is 0 Å². The second-order valence-corrected chi connectivity index (χ2v) is 4.78. The van der Waals surface area contributed by atoms with E-state index in [4.69, 9.17) is 14.6 Å². The first-order valence-electron chi connectivity index (χ1n) is 6.44. The monoisotopic (exact) mass is 265 g/mol. The van der Waals surface area contributed by atoms with Gasteiger partial charge in [0.25, 0.3) is 0 Å². The molecule has 0 unspecified atom stereocenters. The number of fused-ring (bicyclic) bond motifs is 1. The zero-order chi connectivity index (χ0) is 13.7. The third kappa shape index (κ3) is 4.13. The lowest BCUT2D eigenvalue weighted by atomic mass is 10.2. The molecule has 0 saturated carbocycles. The highest BCUT2D eigenvalue weighted by Gasteiger charge is 2.13. The maximum absolute atomic E-state index is 10.4. The van der Waals surface area contributed by atoms with Crippen LogP contribution in [-0.2, 0) is 11.3 Å². The van der Waals surface area contributed by atoms with Gasteiger partial charge >= 0.3 is 5.97 Å². The number of benzene rings is 1. The quantitative estimate of drug-likeness (QED) is 0.765. The van der Waals surface area contributed by atoms with Gasteiger partial charge in [0.05, 0.1) is 0 Å². The van der Waals surface area contributed by atoms with Crippen LogP contribution in [0.1, 0.15) is 24.8 Å². The molecule has 1 aliphatic rings. The molecule has 0 amide bonds. The van der Waals surface area contributed by atoms with Crippen molar-refractivity contribution < 1.29 is 19.4 Å². The van der Waals surface area contributed by atoms with Crippen molar-refractivity contribution in [1.29, 1.82) is 0 Å². The zero-order valence-corrected chi connectivity index (χ0v) is 11.1. The predicted molar refractivity (Wildman–Crippen MR) is 70.4 cm³/mol. The molecule has 1 aliphatic heterocycles. The molecule has 0 radical (unpaired) electrons. The Hall–Kier alpha value is -1.75. The van der Waals surface area contributed by atoms with Gasteiger partial charge in [0.2, 0.25) is 6.79 Å². The fourth-order valence-electron chi connectivity index (χ4n) is 2.09. The molecule has 1 N–H and O–H groups in total. The SMILES string of the molecule is CN(CCCCC(=O)O)Cc1ccc2c(c1)OCO2. The molecule has 0 bridgehead atoms. The average Bonchev–Trinajstić information content (AvgIpc) is 2.82. The smallest absolute Gasteiger partial charge is 0.303 e. The Kier molecular flexibility index (Phi) is 4.63. The Bertz CT molecular complexity index is 447. The summed E-state index contributed by atoms with van der Waals surface area (Å²) in [6.07, 6.45) is 1.87. The van der Waals surface area contributed by atoms with Crippen LogP contribution in [0.5, 0.6) is 11.5 Å². The number of carboxylic acids is 1. The molecule has 0 spiro atoms. The maximum Gasteiger partial charge on any atom is 0.303 e. The predicted octanol–water partition coefficient (Wildman–Crippen LogP) is 2.10. The van der Waals surface area contributed by atoms with E-state index >= 15 is 0 Å². The number of ether oxygens (including phenoxy) is 2. The third-order valence-corrected chi connectivity index (χ3v) is 3.07. The van der Waals surface area contributed by atoms with Gasteiger partial charge in [-0.05, 0) is 44.1 Å². The van der Waals surface area contributed by atoms with E-state index in [1.165, 1.54) is 5.56 Å². The molecular formula is C14H19NO4. The molecule has 104 valence electrons. The highest BCUT2D eigenvalue weighted by Crippen LogP contribution is 2.32. The van der Waals surface area contributed by atoms with Gasteiger partial charge in [-0.15, -0.1) is 0 Å². The van der Waals surface area contributed by atoms with Crippen molar-refractivity contribution in [1.82, 2.24) is 4.90 Å². The van der Waals surface area contributed by atoms with Gasteiger partial charge in [0.15, 0.2) is 11.5 Å². The van der Waals surface area contributed by atoms with Crippen molar-refractivity contribution in [2.45, 2.75) is 25.8 Å². The van der Waals surface area contributed by atoms with Crippen LogP contribution in [0.2, 0.25) is 0 Å². The van der Waals surface area contributed by atoms with E-state index in [1.54, 1.807) is 0 Å². The lowest BCUT2D eigenvalue weighted by Crippen LogP contribution is -2.19. The molecule has 0 aromatic heterocycles. The summed E-state index contributed by atoms with van der Waals surface area (Å²) in [5.74, 6) is 0.878. The Morgan fingerprint density at radius 2 is 2.11 bits per heavy atom. The fourth-order valence-corrected chi connectivity index (χ4v) is 2.09. The number of carboxylic acid groups (broad SMARTS) is 1. The maximum atomic E-state index is 10.4. The van der Waals surface area contributed by atoms with E-state index in [-0.39, 0.29) is 6.42 Å². The van der Waals surface area contributed by atoms with Crippen molar-refractivity contribution in [3.05, 3.63) is 23.8 Å². The van der Waals surface area contributed by atoms with Crippen LogP contribution < -0.4 is 9.47 Å². The molecule has 0 aliphatic carbocycles. The van der Waals surface area contributed by atoms with Gasteiger partial charge in [-0.3, -0.25) is 4.79 Å². The first-order chi connectivity index (χ1) is 9.15. The Morgan fingerprint density at radius 1 is 1.32 bits per heavy atom. The molecule has 0 fully saturated rings. The number of nitrogens with zero attached hydrogens (tertiary/aromatic N) is 1. The molecule has 2 rings (SSSR count). The number of carbonyl (C=O) groups is 1. The summed E-state index contributed by atoms with van der Waals surface area (Å²) in [5.41, 5.74) is 1.17. The first kappa shape index (κ1) is 13.7. The second-order valence-electron chi connectivity index (χ2n) is 4.78. The van der Waals surface area contributed by atoms with Crippen molar-refractivity contribution in [2.24, 2.45) is 0 Å². The number of aliphatic carboxylic acids is 1. The van der Waals surface area contributed by atoms with Gasteiger partial charge < -0.3 is 19.5 Å². The molecule has 0 saturated heterocycles. The Balaban J connectivity index is 1.75. The molecule has 1 heterocycles. The summed E-state index contributed by atoms with van der Waals surface area (Å²) >= 11 is 0. The second kappa shape index (κ2) is 6.43. The van der Waals surface area contributed by atoms with Crippen LogP contribution in [0, 0.1) is 0 Å². The van der Waals surface area contributed by atoms with E-state index in [9.17, 15) is 4.79 Å². The van der Waals surface area contributed by atoms with Crippen LogP contribution >= 0.6 is 0 Å². The topological polar surface area (TPSA) is 59.0 Å². The van der Waals surface area contributed by atoms with Crippen molar-refractivity contribution in [3.63, 3.8) is 0 Å². The number of hydrogen-bond acceptors (Lipinski definition) is 4. The van der Waals surface area contributed by atoms with Crippen LogP contribution in [-0.4, -0.2) is 36.4 Å². The molecule has 1 aromatic carbocycles. The van der Waals surface area contributed by atoms with E-state index in [0.29, 0.717) is 6.79 Å². The minimum Gasteiger partial charge on any atom is -0.481 e. The standard InChI is InChI=1S/C14H19NO4/c1-15(7-3-2-4-14(16)17)9-11-5-6-12-13(8-11)19-10-18-12/h5-6,8H,2-4,7,9-10H2,1H3,(H,16,17). The minimum atomic E-state index is -0.724. The van der Waals surface area contributed by atoms with Crippen molar-refractivity contribution in [3.8, 4) is 11.5 Å². The fraction of sp³-hybridized carbons (Fsp3) is 0.500. The molecule has 5 heteroatoms. The van der Waals surface area contributed by atoms with Gasteiger partial charge in [-0.1, -0.05) is 6.07 Å². The molecule has 0 atom stereocenters. The van der Waals surface area contributed by atoms with Gasteiger partial charge in [0.1, 0.15) is 0 Å². The number of rotatable bonds is 7. The summed E-state index contributed by atoms with van der Waals surface area (Å²) < 4.78 is 10.6. The molecule has 5 nitrogen and oxygen atoms in total.